The Balaban J connectivity index is 0. The van der Waals surface area contributed by atoms with Crippen LogP contribution in [0.25, 0.3) is 0 Å². The minimum Gasteiger partial charge on any atom is -0.464 e. The van der Waals surface area contributed by atoms with Crippen LogP contribution in [0.15, 0.2) is 30.5 Å². The fourth-order valence-electron chi connectivity index (χ4n) is 1.73. The molecule has 0 aliphatic heterocycles. The zero-order chi connectivity index (χ0) is 20.7. The maximum atomic E-state index is 11.0. The van der Waals surface area contributed by atoms with Gasteiger partial charge in [0, 0.05) is 18.6 Å². The molecule has 0 atom stereocenters. The van der Waals surface area contributed by atoms with Crippen LogP contribution in [0.5, 0.6) is 0 Å². The number of nitrogens with one attached hydrogen (secondary N) is 1. The van der Waals surface area contributed by atoms with Crippen LogP contribution in [0.4, 0.5) is 0 Å². The van der Waals surface area contributed by atoms with E-state index in [1.807, 2.05) is 13.8 Å². The van der Waals surface area contributed by atoms with Crippen molar-refractivity contribution in [3.8, 4) is 12.8 Å². The molecule has 4 nitrogen and oxygen atoms in total. The lowest BCUT2D eigenvalue weighted by Gasteiger charge is -2.20. The zero-order valence-electron chi connectivity index (χ0n) is 16.3. The summed E-state index contributed by atoms with van der Waals surface area (Å²) in [4.78, 5) is 12.5. The Bertz CT molecular complexity index is 615. The number of ether oxygens (including phenoxy) is 1. The number of halogens is 1. The second-order valence-corrected chi connectivity index (χ2v) is 5.96. The number of methoxy groups -OCH3 is 1. The number of carbonyl (C=O) groups excluding carboxylic acids is 1. The quantitative estimate of drug-likeness (QED) is 0.347. The number of hydrogen-bond donors (Lipinski definition) is 1. The molecule has 0 amide bonds. The van der Waals surface area contributed by atoms with Crippen molar-refractivity contribution >= 4 is 34.9 Å². The monoisotopic (exact) mass is 396 g/mol. The smallest absolute Gasteiger partial charge is 0.354 e. The molecule has 1 aromatic rings. The maximum Gasteiger partial charge on any atom is 0.354 e. The predicted molar refractivity (Wildman–Crippen MR) is 115 cm³/mol. The molecule has 1 N–H and O–H groups in total. The van der Waals surface area contributed by atoms with Gasteiger partial charge in [0.15, 0.2) is 5.11 Å². The Morgan fingerprint density at radius 2 is 1.96 bits per heavy atom. The first-order valence-corrected chi connectivity index (χ1v) is 8.94. The number of nitrogens with zero attached hydrogens (tertiary/aromatic N) is 1. The molecule has 0 aliphatic rings. The topological polar surface area (TPSA) is 41.6 Å². The van der Waals surface area contributed by atoms with Gasteiger partial charge in [-0.1, -0.05) is 43.7 Å². The normalized spacial score (nSPS) is 8.77. The van der Waals surface area contributed by atoms with Gasteiger partial charge in [-0.25, -0.2) is 4.79 Å². The lowest BCUT2D eigenvalue weighted by molar-refractivity contribution is -0.137. The van der Waals surface area contributed by atoms with Crippen molar-refractivity contribution in [1.29, 1.82) is 0 Å². The number of likely N-dealkylation sites (N-methyl/N-ethyl adjacent to an activating group) is 1. The van der Waals surface area contributed by atoms with E-state index in [4.69, 9.17) is 23.8 Å². The van der Waals surface area contributed by atoms with Gasteiger partial charge in [0.05, 0.1) is 7.11 Å². The molecule has 0 aliphatic carbocycles. The SMILES string of the molecule is C#C.C=C(C(=O)OC)N(C)C(=S)NCC.CCCc1ccc(C)c(Cl)c1. The van der Waals surface area contributed by atoms with Crippen molar-refractivity contribution in [1.82, 2.24) is 10.2 Å². The molecule has 144 valence electrons. The van der Waals surface area contributed by atoms with Gasteiger partial charge in [-0.3, -0.25) is 0 Å². The highest BCUT2D eigenvalue weighted by Crippen LogP contribution is 2.17. The summed E-state index contributed by atoms with van der Waals surface area (Å²) in [7, 11) is 2.96. The number of hydrogen-bond acceptors (Lipinski definition) is 3. The van der Waals surface area contributed by atoms with Gasteiger partial charge < -0.3 is 15.0 Å². The minimum absolute atomic E-state index is 0.216. The molecule has 0 saturated heterocycles. The molecule has 0 radical (unpaired) electrons. The fraction of sp³-hybridized carbons (Fsp3) is 0.400. The van der Waals surface area contributed by atoms with Crippen molar-refractivity contribution in [3.63, 3.8) is 0 Å². The van der Waals surface area contributed by atoms with Crippen molar-refractivity contribution in [2.75, 3.05) is 20.7 Å². The molecule has 26 heavy (non-hydrogen) atoms. The van der Waals surface area contributed by atoms with Crippen molar-refractivity contribution in [3.05, 3.63) is 46.6 Å². The summed E-state index contributed by atoms with van der Waals surface area (Å²) >= 11 is 10.9. The largest absolute Gasteiger partial charge is 0.464 e. The zero-order valence-corrected chi connectivity index (χ0v) is 17.8. The minimum atomic E-state index is -0.484. The second-order valence-electron chi connectivity index (χ2n) is 5.17. The van der Waals surface area contributed by atoms with Crippen LogP contribution in [-0.4, -0.2) is 36.7 Å². The highest BCUT2D eigenvalue weighted by molar-refractivity contribution is 7.80. The van der Waals surface area contributed by atoms with Gasteiger partial charge in [0.25, 0.3) is 0 Å². The van der Waals surface area contributed by atoms with Gasteiger partial charge in [0.2, 0.25) is 0 Å². The van der Waals surface area contributed by atoms with E-state index in [1.165, 1.54) is 24.0 Å². The molecule has 0 saturated carbocycles. The Kier molecular flexibility index (Phi) is 15.4. The number of terminal acetylenes is 1. The third-order valence-corrected chi connectivity index (χ3v) is 4.06. The van der Waals surface area contributed by atoms with E-state index in [0.717, 1.165) is 17.0 Å². The average molecular weight is 397 g/mol. The highest BCUT2D eigenvalue weighted by atomic mass is 35.5. The third kappa shape index (κ3) is 10.1. The first-order valence-electron chi connectivity index (χ1n) is 8.15. The van der Waals surface area contributed by atoms with Gasteiger partial charge in [-0.15, -0.1) is 12.8 Å². The highest BCUT2D eigenvalue weighted by Gasteiger charge is 2.14. The molecule has 0 aromatic heterocycles. The van der Waals surface area contributed by atoms with Crippen LogP contribution in [0.2, 0.25) is 5.02 Å². The third-order valence-electron chi connectivity index (χ3n) is 3.23. The molecule has 0 bridgehead atoms. The molecule has 0 spiro atoms. The summed E-state index contributed by atoms with van der Waals surface area (Å²) in [6.07, 6.45) is 10.3. The van der Waals surface area contributed by atoms with E-state index in [-0.39, 0.29) is 5.70 Å². The first kappa shape index (κ1) is 26.2. The Morgan fingerprint density at radius 1 is 1.38 bits per heavy atom. The summed E-state index contributed by atoms with van der Waals surface area (Å²) in [5, 5.41) is 4.24. The lowest BCUT2D eigenvalue weighted by Crippen LogP contribution is -2.38. The summed E-state index contributed by atoms with van der Waals surface area (Å²) in [5.41, 5.74) is 2.71. The Hall–Kier alpha value is -2.03. The van der Waals surface area contributed by atoms with Crippen LogP contribution in [0, 0.1) is 19.8 Å². The maximum absolute atomic E-state index is 11.0. The van der Waals surface area contributed by atoms with Crippen LogP contribution >= 0.6 is 23.8 Å². The van der Waals surface area contributed by atoms with Crippen LogP contribution in [0.1, 0.15) is 31.4 Å². The molecule has 1 rings (SSSR count). The van der Waals surface area contributed by atoms with Gasteiger partial charge in [-0.2, -0.15) is 0 Å². The molecule has 0 unspecified atom stereocenters. The van der Waals surface area contributed by atoms with Gasteiger partial charge >= 0.3 is 5.97 Å². The predicted octanol–water partition coefficient (Wildman–Crippen LogP) is 4.35. The van der Waals surface area contributed by atoms with Crippen molar-refractivity contribution in [2.24, 2.45) is 0 Å². The average Bonchev–Trinajstić information content (AvgIpc) is 2.65. The number of aryl methyl sites for hydroxylation is 2. The van der Waals surface area contributed by atoms with E-state index in [0.29, 0.717) is 11.7 Å². The van der Waals surface area contributed by atoms with Crippen LogP contribution in [0.3, 0.4) is 0 Å². The van der Waals surface area contributed by atoms with Crippen molar-refractivity contribution in [2.45, 2.75) is 33.6 Å². The van der Waals surface area contributed by atoms with Gasteiger partial charge in [0.1, 0.15) is 5.70 Å². The standard InChI is InChI=1S/C10H13Cl.C8H14N2O2S.C2H2/c1-3-4-9-6-5-8(2)10(11)7-9;1-5-9-8(13)10(3)6(2)7(11)12-4;1-2/h5-7H,3-4H2,1-2H3;2,5H2,1,3-4H3,(H,9,13);1-2H. The van der Waals surface area contributed by atoms with E-state index >= 15 is 0 Å². The number of rotatable bonds is 5. The fourth-order valence-corrected chi connectivity index (χ4v) is 2.19. The van der Waals surface area contributed by atoms with Gasteiger partial charge in [-0.05, 0) is 49.7 Å². The van der Waals surface area contributed by atoms with Crippen LogP contribution < -0.4 is 5.32 Å². The summed E-state index contributed by atoms with van der Waals surface area (Å²) in [6, 6.07) is 6.28. The van der Waals surface area contributed by atoms with E-state index < -0.39 is 5.97 Å². The summed E-state index contributed by atoms with van der Waals surface area (Å²) in [5.74, 6) is -0.484. The number of benzene rings is 1. The molecule has 0 fully saturated rings. The van der Waals surface area contributed by atoms with E-state index in [9.17, 15) is 4.79 Å². The summed E-state index contributed by atoms with van der Waals surface area (Å²) in [6.45, 7) is 10.4. The molecule has 1 aromatic carbocycles. The second kappa shape index (κ2) is 15.2. The number of thiocarbonyl (C=S) groups is 1. The molecular weight excluding hydrogens is 368 g/mol. The van der Waals surface area contributed by atoms with Crippen molar-refractivity contribution < 1.29 is 9.53 Å². The molecule has 6 heteroatoms. The Morgan fingerprint density at radius 3 is 2.38 bits per heavy atom. The molecular formula is C20H29ClN2O2S. The van der Waals surface area contributed by atoms with Crippen LogP contribution in [-0.2, 0) is 16.0 Å². The number of esters is 1. The Labute approximate surface area is 168 Å². The lowest BCUT2D eigenvalue weighted by atomic mass is 10.1. The van der Waals surface area contributed by atoms with E-state index in [2.05, 4.69) is 54.6 Å². The van der Waals surface area contributed by atoms with E-state index in [1.54, 1.807) is 7.05 Å². The summed E-state index contributed by atoms with van der Waals surface area (Å²) < 4.78 is 4.49. The first-order chi connectivity index (χ1) is 12.3. The number of carbonyl (C=O) groups is 1. The molecule has 0 heterocycles.